The molecule has 0 amide bonds. The van der Waals surface area contributed by atoms with Gasteiger partial charge in [-0.25, -0.2) is 15.0 Å². The first-order valence-corrected chi connectivity index (χ1v) is 12.3. The van der Waals surface area contributed by atoms with E-state index in [0.717, 1.165) is 46.2 Å². The second-order valence-corrected chi connectivity index (χ2v) is 9.89. The van der Waals surface area contributed by atoms with Gasteiger partial charge in [0.2, 0.25) is 0 Å². The molecule has 0 bridgehead atoms. The van der Waals surface area contributed by atoms with E-state index in [-0.39, 0.29) is 37.2 Å². The largest absolute Gasteiger partial charge is 0.362 e. The van der Waals surface area contributed by atoms with Crippen molar-refractivity contribution in [1.29, 1.82) is 0 Å². The molecule has 0 aliphatic heterocycles. The molecule has 180 valence electrons. The molecule has 0 unspecified atom stereocenters. The van der Waals surface area contributed by atoms with Gasteiger partial charge in [-0.15, -0.1) is 71.2 Å². The fourth-order valence-electron chi connectivity index (χ4n) is 2.71. The second kappa shape index (κ2) is 14.6. The van der Waals surface area contributed by atoms with Crippen LogP contribution in [0.4, 0.5) is 15.4 Å². The lowest BCUT2D eigenvalue weighted by molar-refractivity contribution is 0.976. The van der Waals surface area contributed by atoms with Crippen molar-refractivity contribution in [2.45, 2.75) is 33.4 Å². The van der Waals surface area contributed by atoms with Gasteiger partial charge in [0.05, 0.1) is 18.8 Å². The lowest BCUT2D eigenvalue weighted by Crippen LogP contribution is -1.98. The van der Waals surface area contributed by atoms with Crippen molar-refractivity contribution in [3.63, 3.8) is 0 Å². The van der Waals surface area contributed by atoms with E-state index in [9.17, 15) is 0 Å². The highest BCUT2D eigenvalue weighted by atomic mass is 35.5. The van der Waals surface area contributed by atoms with Crippen LogP contribution >= 0.6 is 71.2 Å². The Balaban J connectivity index is 0.00000181. The molecular formula is C21H27Cl3N6S3. The lowest BCUT2D eigenvalue weighted by atomic mass is 10.1. The minimum Gasteiger partial charge on any atom is -0.362 e. The number of benzene rings is 1. The Kier molecular flexibility index (Phi) is 13.0. The van der Waals surface area contributed by atoms with Crippen LogP contribution in [0.1, 0.15) is 28.7 Å². The number of aromatic nitrogens is 3. The van der Waals surface area contributed by atoms with Crippen LogP contribution in [-0.4, -0.2) is 21.5 Å². The summed E-state index contributed by atoms with van der Waals surface area (Å²) in [7, 11) is 0. The average molecular weight is 566 g/mol. The van der Waals surface area contributed by atoms with Crippen LogP contribution in [0.25, 0.3) is 11.3 Å². The van der Waals surface area contributed by atoms with E-state index >= 15 is 0 Å². The highest BCUT2D eigenvalue weighted by Gasteiger charge is 2.07. The molecule has 4 aromatic rings. The van der Waals surface area contributed by atoms with E-state index in [2.05, 4.69) is 69.4 Å². The molecule has 33 heavy (non-hydrogen) atoms. The molecule has 1 aromatic carbocycles. The highest BCUT2D eigenvalue weighted by molar-refractivity contribution is 7.16. The van der Waals surface area contributed by atoms with Crippen LogP contribution in [0.3, 0.4) is 0 Å². The molecule has 0 saturated heterocycles. The fraction of sp³-hybridized carbons (Fsp3) is 0.286. The first-order chi connectivity index (χ1) is 14.7. The minimum atomic E-state index is 0. The van der Waals surface area contributed by atoms with Gasteiger partial charge in [0.1, 0.15) is 0 Å². The third-order valence-corrected chi connectivity index (χ3v) is 7.02. The van der Waals surface area contributed by atoms with Crippen molar-refractivity contribution < 1.29 is 0 Å². The summed E-state index contributed by atoms with van der Waals surface area (Å²) >= 11 is 4.96. The predicted octanol–water partition coefficient (Wildman–Crippen LogP) is 7.34. The van der Waals surface area contributed by atoms with Crippen LogP contribution in [0.15, 0.2) is 42.0 Å². The van der Waals surface area contributed by atoms with Crippen molar-refractivity contribution in [3.05, 3.63) is 57.4 Å². The number of hydrogen-bond acceptors (Lipinski definition) is 9. The van der Waals surface area contributed by atoms with Crippen LogP contribution in [0.5, 0.6) is 0 Å². The Morgan fingerprint density at radius 2 is 1.36 bits per heavy atom. The first-order valence-electron chi connectivity index (χ1n) is 9.83. The molecule has 0 fully saturated rings. The van der Waals surface area contributed by atoms with Gasteiger partial charge in [-0.2, -0.15) is 0 Å². The summed E-state index contributed by atoms with van der Waals surface area (Å²) in [5.74, 6) is 0. The maximum atomic E-state index is 4.70. The van der Waals surface area contributed by atoms with E-state index in [1.54, 1.807) is 34.0 Å². The Morgan fingerprint density at radius 1 is 0.788 bits per heavy atom. The van der Waals surface area contributed by atoms with Crippen molar-refractivity contribution in [1.82, 2.24) is 15.0 Å². The zero-order chi connectivity index (χ0) is 20.8. The summed E-state index contributed by atoms with van der Waals surface area (Å²) < 4.78 is 0. The van der Waals surface area contributed by atoms with Crippen molar-refractivity contribution in [2.24, 2.45) is 0 Å². The summed E-state index contributed by atoms with van der Waals surface area (Å²) in [6.07, 6.45) is 4.92. The molecule has 4 rings (SSSR count). The molecule has 0 atom stereocenters. The van der Waals surface area contributed by atoms with Gasteiger partial charge < -0.3 is 16.0 Å². The average Bonchev–Trinajstić information content (AvgIpc) is 3.50. The number of hydrogen-bond donors (Lipinski definition) is 3. The van der Waals surface area contributed by atoms with E-state index in [1.807, 2.05) is 12.4 Å². The van der Waals surface area contributed by atoms with E-state index < -0.39 is 0 Å². The number of nitrogens with one attached hydrogen (secondary N) is 3. The molecule has 6 nitrogen and oxygen atoms in total. The number of aryl methyl sites for hydroxylation is 1. The van der Waals surface area contributed by atoms with Gasteiger partial charge in [0, 0.05) is 39.6 Å². The summed E-state index contributed by atoms with van der Waals surface area (Å²) in [6.45, 7) is 6.64. The number of thiazole rings is 3. The molecule has 3 N–H and O–H groups in total. The van der Waals surface area contributed by atoms with Crippen LogP contribution in [0.2, 0.25) is 0 Å². The standard InChI is InChI=1S/C21H24N6S3.3ClH/c1-3-8-22-19-23-9-16(29-19)10-24-20-25-11-17(30-20)12-26-21-27-18(13-28-21)15-6-4-14(2)5-7-15;;;/h4-7,9,11,13H,3,8,10,12H2,1-2H3,(H,22,23)(H,24,25)(H,26,27);3*1H. The molecule has 0 aliphatic carbocycles. The fourth-order valence-corrected chi connectivity index (χ4v) is 4.96. The van der Waals surface area contributed by atoms with Gasteiger partial charge in [-0.1, -0.05) is 36.8 Å². The second-order valence-electron chi connectivity index (χ2n) is 6.80. The lowest BCUT2D eigenvalue weighted by Gasteiger charge is -2.00. The van der Waals surface area contributed by atoms with Crippen molar-refractivity contribution >= 4 is 86.6 Å². The summed E-state index contributed by atoms with van der Waals surface area (Å²) in [4.78, 5) is 15.9. The summed E-state index contributed by atoms with van der Waals surface area (Å²) in [5.41, 5.74) is 3.41. The Morgan fingerprint density at radius 3 is 1.97 bits per heavy atom. The zero-order valence-corrected chi connectivity index (χ0v) is 23.1. The van der Waals surface area contributed by atoms with Crippen LogP contribution in [0, 0.1) is 6.92 Å². The van der Waals surface area contributed by atoms with Gasteiger partial charge in [0.25, 0.3) is 0 Å². The monoisotopic (exact) mass is 564 g/mol. The quantitative estimate of drug-likeness (QED) is 0.187. The van der Waals surface area contributed by atoms with Crippen molar-refractivity contribution in [3.8, 4) is 11.3 Å². The van der Waals surface area contributed by atoms with Gasteiger partial charge in [-0.3, -0.25) is 0 Å². The molecular weight excluding hydrogens is 539 g/mol. The van der Waals surface area contributed by atoms with Gasteiger partial charge in [0.15, 0.2) is 15.4 Å². The normalized spacial score (nSPS) is 9.88. The molecule has 0 aliphatic rings. The summed E-state index contributed by atoms with van der Waals surface area (Å²) in [5, 5.41) is 15.0. The van der Waals surface area contributed by atoms with Crippen LogP contribution < -0.4 is 16.0 Å². The number of anilines is 3. The maximum absolute atomic E-state index is 4.70. The molecule has 12 heteroatoms. The van der Waals surface area contributed by atoms with E-state index in [4.69, 9.17) is 4.98 Å². The van der Waals surface area contributed by atoms with E-state index in [0.29, 0.717) is 6.54 Å². The van der Waals surface area contributed by atoms with E-state index in [1.165, 1.54) is 15.3 Å². The smallest absolute Gasteiger partial charge is 0.183 e. The molecule has 3 heterocycles. The predicted molar refractivity (Wildman–Crippen MR) is 152 cm³/mol. The Bertz CT molecular complexity index is 1080. The number of halogens is 3. The maximum Gasteiger partial charge on any atom is 0.183 e. The SMILES string of the molecule is CCCNc1ncc(CNc2ncc(CNc3nc(-c4ccc(C)cc4)cs3)s2)s1.Cl.Cl.Cl. The Hall–Kier alpha value is -1.62. The number of nitrogens with zero attached hydrogens (tertiary/aromatic N) is 3. The zero-order valence-electron chi connectivity index (χ0n) is 18.2. The summed E-state index contributed by atoms with van der Waals surface area (Å²) in [6, 6.07) is 8.45. The highest BCUT2D eigenvalue weighted by Crippen LogP contribution is 2.27. The van der Waals surface area contributed by atoms with Gasteiger partial charge >= 0.3 is 0 Å². The first kappa shape index (κ1) is 29.4. The third kappa shape index (κ3) is 8.59. The molecule has 0 saturated carbocycles. The van der Waals surface area contributed by atoms with Crippen molar-refractivity contribution in [2.75, 3.05) is 22.5 Å². The van der Waals surface area contributed by atoms with Gasteiger partial charge in [-0.05, 0) is 13.3 Å². The topological polar surface area (TPSA) is 74.8 Å². The minimum absolute atomic E-state index is 0. The van der Waals surface area contributed by atoms with Crippen LogP contribution in [-0.2, 0) is 13.1 Å². The molecule has 0 radical (unpaired) electrons. The third-order valence-electron chi connectivity index (χ3n) is 4.31. The molecule has 3 aromatic heterocycles. The number of rotatable bonds is 10. The molecule has 0 spiro atoms. The Labute approximate surface area is 224 Å².